The van der Waals surface area contributed by atoms with Crippen molar-refractivity contribution in [2.45, 2.75) is 25.8 Å². The molecule has 0 saturated carbocycles. The van der Waals surface area contributed by atoms with Gasteiger partial charge in [-0.1, -0.05) is 0 Å². The number of aromatic nitrogens is 3. The molecular formula is C18H21F2N7O2. The lowest BCUT2D eigenvalue weighted by Crippen LogP contribution is -2.44. The summed E-state index contributed by atoms with van der Waals surface area (Å²) in [6, 6.07) is 8.16. The minimum atomic E-state index is -3.43. The Bertz CT molecular complexity index is 1100. The normalized spacial score (nSPS) is 13.4. The Morgan fingerprint density at radius 1 is 1.38 bits per heavy atom. The van der Waals surface area contributed by atoms with Gasteiger partial charge in [-0.25, -0.2) is 9.36 Å². The first-order chi connectivity index (χ1) is 13.7. The van der Waals surface area contributed by atoms with Gasteiger partial charge in [0.2, 0.25) is 0 Å². The van der Waals surface area contributed by atoms with Gasteiger partial charge in [0.05, 0.1) is 29.6 Å². The van der Waals surface area contributed by atoms with Crippen LogP contribution in [0.3, 0.4) is 0 Å². The van der Waals surface area contributed by atoms with Gasteiger partial charge < -0.3 is 21.7 Å². The third kappa shape index (κ3) is 4.45. The van der Waals surface area contributed by atoms with Gasteiger partial charge in [-0.2, -0.15) is 19.0 Å². The fraction of sp³-hybridized carbons (Fsp3) is 0.278. The lowest BCUT2D eigenvalue weighted by Gasteiger charge is -2.17. The molecule has 0 radical (unpaired) electrons. The highest BCUT2D eigenvalue weighted by Gasteiger charge is 2.32. The van der Waals surface area contributed by atoms with Crippen molar-refractivity contribution in [3.8, 4) is 11.4 Å². The molecule has 2 aromatic heterocycles. The summed E-state index contributed by atoms with van der Waals surface area (Å²) in [6.45, 7) is 2.17. The molecule has 3 aromatic rings. The van der Waals surface area contributed by atoms with Crippen molar-refractivity contribution in [3.05, 3.63) is 48.2 Å². The van der Waals surface area contributed by atoms with Crippen LogP contribution in [0.15, 0.2) is 47.8 Å². The SMILES string of the molecule is CC(COc1ccc2c(cnn2-c2cc/c(=N/N)n(N)c2)c1)NC(=O)C(C)(F)F. The molecule has 0 saturated heterocycles. The van der Waals surface area contributed by atoms with E-state index in [9.17, 15) is 13.6 Å². The number of alkyl halides is 2. The number of pyridine rings is 1. The number of ether oxygens (including phenoxy) is 1. The molecule has 29 heavy (non-hydrogen) atoms. The Morgan fingerprint density at radius 3 is 2.79 bits per heavy atom. The first-order valence-electron chi connectivity index (χ1n) is 8.70. The Kier molecular flexibility index (Phi) is 5.39. The van der Waals surface area contributed by atoms with Crippen molar-refractivity contribution in [3.63, 3.8) is 0 Å². The summed E-state index contributed by atoms with van der Waals surface area (Å²) in [5.74, 6) is 6.84. The Hall–Kier alpha value is -3.63. The van der Waals surface area contributed by atoms with Crippen molar-refractivity contribution in [1.82, 2.24) is 19.8 Å². The molecule has 5 N–H and O–H groups in total. The zero-order valence-corrected chi connectivity index (χ0v) is 15.8. The second-order valence-corrected chi connectivity index (χ2v) is 6.63. The van der Waals surface area contributed by atoms with E-state index in [-0.39, 0.29) is 6.61 Å². The van der Waals surface area contributed by atoms with Gasteiger partial charge in [0.25, 0.3) is 5.91 Å². The minimum absolute atomic E-state index is 0.0404. The van der Waals surface area contributed by atoms with Gasteiger partial charge >= 0.3 is 5.92 Å². The molecule has 1 unspecified atom stereocenters. The summed E-state index contributed by atoms with van der Waals surface area (Å²) >= 11 is 0. The van der Waals surface area contributed by atoms with Gasteiger partial charge in [0, 0.05) is 12.3 Å². The van der Waals surface area contributed by atoms with E-state index in [2.05, 4.69) is 15.5 Å². The average Bonchev–Trinajstić information content (AvgIpc) is 3.08. The summed E-state index contributed by atoms with van der Waals surface area (Å²) in [5, 5.41) is 10.9. The molecule has 1 amide bonds. The van der Waals surface area contributed by atoms with Crippen LogP contribution in [0.25, 0.3) is 16.6 Å². The van der Waals surface area contributed by atoms with Crippen LogP contribution in [-0.4, -0.2) is 38.9 Å². The van der Waals surface area contributed by atoms with E-state index in [0.717, 1.165) is 10.9 Å². The molecule has 154 valence electrons. The maximum absolute atomic E-state index is 12.9. The molecule has 0 spiro atoms. The smallest absolute Gasteiger partial charge is 0.321 e. The highest BCUT2D eigenvalue weighted by molar-refractivity contribution is 5.83. The van der Waals surface area contributed by atoms with Crippen molar-refractivity contribution in [1.29, 1.82) is 0 Å². The van der Waals surface area contributed by atoms with E-state index >= 15 is 0 Å². The van der Waals surface area contributed by atoms with Crippen molar-refractivity contribution in [2.24, 2.45) is 10.9 Å². The molecule has 0 bridgehead atoms. The van der Waals surface area contributed by atoms with Crippen LogP contribution < -0.4 is 27.2 Å². The van der Waals surface area contributed by atoms with E-state index in [1.807, 2.05) is 6.07 Å². The lowest BCUT2D eigenvalue weighted by atomic mass is 10.2. The number of nitrogen functional groups attached to an aromatic ring is 1. The summed E-state index contributed by atoms with van der Waals surface area (Å²) in [4.78, 5) is 11.3. The molecule has 3 rings (SSSR count). The Balaban J connectivity index is 1.74. The zero-order chi connectivity index (χ0) is 21.2. The molecular weight excluding hydrogens is 384 g/mol. The molecule has 0 aliphatic rings. The van der Waals surface area contributed by atoms with E-state index in [1.54, 1.807) is 48.3 Å². The van der Waals surface area contributed by atoms with Gasteiger partial charge in [0.15, 0.2) is 5.49 Å². The first-order valence-corrected chi connectivity index (χ1v) is 8.70. The summed E-state index contributed by atoms with van der Waals surface area (Å²) < 4.78 is 34.5. The number of nitrogens with zero attached hydrogens (tertiary/aromatic N) is 4. The maximum atomic E-state index is 12.9. The quantitative estimate of drug-likeness (QED) is 0.414. The molecule has 0 fully saturated rings. The van der Waals surface area contributed by atoms with E-state index in [4.69, 9.17) is 16.4 Å². The van der Waals surface area contributed by atoms with Gasteiger partial charge in [-0.05, 0) is 37.3 Å². The average molecular weight is 405 g/mol. The summed E-state index contributed by atoms with van der Waals surface area (Å²) in [5.41, 5.74) is 1.92. The highest BCUT2D eigenvalue weighted by atomic mass is 19.3. The second kappa shape index (κ2) is 7.78. The predicted molar refractivity (Wildman–Crippen MR) is 103 cm³/mol. The standard InChI is InChI=1S/C18H21F2N7O2/c1-11(24-17(28)18(2,19)20)10-29-14-4-5-15-12(7-14)8-23-27(15)13-3-6-16(25-21)26(22)9-13/h3-9,11H,10,21-22H2,1-2H3,(H,24,28)/b25-16-. The number of halogens is 2. The highest BCUT2D eigenvalue weighted by Crippen LogP contribution is 2.23. The first kappa shape index (κ1) is 20.1. The van der Waals surface area contributed by atoms with Gasteiger partial charge in [-0.3, -0.25) is 4.79 Å². The molecule has 1 aromatic carbocycles. The van der Waals surface area contributed by atoms with Crippen LogP contribution in [-0.2, 0) is 4.79 Å². The molecule has 9 nitrogen and oxygen atoms in total. The molecule has 11 heteroatoms. The number of nitrogens with two attached hydrogens (primary N) is 2. The Morgan fingerprint density at radius 2 is 2.14 bits per heavy atom. The second-order valence-electron chi connectivity index (χ2n) is 6.63. The topological polar surface area (TPSA) is 125 Å². The number of benzene rings is 1. The lowest BCUT2D eigenvalue weighted by molar-refractivity contribution is -0.143. The fourth-order valence-corrected chi connectivity index (χ4v) is 2.65. The van der Waals surface area contributed by atoms with Crippen molar-refractivity contribution < 1.29 is 18.3 Å². The number of carbonyl (C=O) groups excluding carboxylic acids is 1. The van der Waals surface area contributed by atoms with Crippen LogP contribution in [0.2, 0.25) is 0 Å². The van der Waals surface area contributed by atoms with Gasteiger partial charge in [-0.15, -0.1) is 0 Å². The minimum Gasteiger partial charge on any atom is -0.491 e. The number of nitrogens with one attached hydrogen (secondary N) is 1. The number of carbonyl (C=O) groups is 1. The third-order valence-corrected chi connectivity index (χ3v) is 4.13. The molecule has 2 heterocycles. The predicted octanol–water partition coefficient (Wildman–Crippen LogP) is 0.854. The maximum Gasteiger partial charge on any atom is 0.321 e. The summed E-state index contributed by atoms with van der Waals surface area (Å²) in [7, 11) is 0. The van der Waals surface area contributed by atoms with E-state index in [0.29, 0.717) is 23.8 Å². The van der Waals surface area contributed by atoms with Crippen LogP contribution in [0, 0.1) is 0 Å². The van der Waals surface area contributed by atoms with Crippen LogP contribution in [0.1, 0.15) is 13.8 Å². The van der Waals surface area contributed by atoms with Gasteiger partial charge in [0.1, 0.15) is 12.4 Å². The molecule has 0 aliphatic heterocycles. The largest absolute Gasteiger partial charge is 0.491 e. The zero-order valence-electron chi connectivity index (χ0n) is 15.8. The molecule has 1 atom stereocenters. The number of amides is 1. The van der Waals surface area contributed by atoms with Crippen molar-refractivity contribution in [2.75, 3.05) is 12.4 Å². The molecule has 0 aliphatic carbocycles. The number of hydrogen-bond acceptors (Lipinski definition) is 6. The third-order valence-electron chi connectivity index (χ3n) is 4.13. The monoisotopic (exact) mass is 405 g/mol. The van der Waals surface area contributed by atoms with Crippen LogP contribution in [0.4, 0.5) is 8.78 Å². The Labute approximate surface area is 164 Å². The van der Waals surface area contributed by atoms with E-state index in [1.165, 1.54) is 4.68 Å². The van der Waals surface area contributed by atoms with E-state index < -0.39 is 17.9 Å². The van der Waals surface area contributed by atoms with Crippen LogP contribution in [0.5, 0.6) is 5.75 Å². The van der Waals surface area contributed by atoms with Crippen molar-refractivity contribution >= 4 is 16.8 Å². The number of fused-ring (bicyclic) bond motifs is 1. The van der Waals surface area contributed by atoms with Crippen LogP contribution >= 0.6 is 0 Å². The fourth-order valence-electron chi connectivity index (χ4n) is 2.65. The number of hydrogen-bond donors (Lipinski definition) is 3. The number of rotatable bonds is 6. The summed E-state index contributed by atoms with van der Waals surface area (Å²) in [6.07, 6.45) is 3.30.